The molecule has 2 heterocycles. The molecule has 6 heteroatoms. The summed E-state index contributed by atoms with van der Waals surface area (Å²) in [6.45, 7) is 3.96. The summed E-state index contributed by atoms with van der Waals surface area (Å²) in [4.78, 5) is 32.7. The lowest BCUT2D eigenvalue weighted by Gasteiger charge is -2.41. The zero-order chi connectivity index (χ0) is 22.7. The second-order valence-electron chi connectivity index (χ2n) is 8.14. The summed E-state index contributed by atoms with van der Waals surface area (Å²) < 4.78 is 5.62. The number of piperidine rings is 1. The number of carbonyl (C=O) groups is 2. The minimum absolute atomic E-state index is 0.0116. The van der Waals surface area contributed by atoms with Crippen molar-refractivity contribution in [2.24, 2.45) is 5.92 Å². The number of para-hydroxylation sites is 1. The number of aromatic nitrogens is 1. The molecule has 0 aliphatic carbocycles. The summed E-state index contributed by atoms with van der Waals surface area (Å²) in [6, 6.07) is 18.6. The molecule has 164 valence electrons. The van der Waals surface area contributed by atoms with E-state index >= 15 is 0 Å². The number of methoxy groups -OCH3 is 1. The maximum Gasteiger partial charge on any atom is 0.231 e. The van der Waals surface area contributed by atoms with Crippen LogP contribution in [0.25, 0.3) is 0 Å². The first-order chi connectivity index (χ1) is 15.5. The van der Waals surface area contributed by atoms with Gasteiger partial charge < -0.3 is 15.0 Å². The van der Waals surface area contributed by atoms with Crippen molar-refractivity contribution in [3.8, 4) is 5.75 Å². The van der Waals surface area contributed by atoms with Gasteiger partial charge in [0.2, 0.25) is 11.8 Å². The highest BCUT2D eigenvalue weighted by Crippen LogP contribution is 2.43. The molecule has 1 aliphatic rings. The minimum atomic E-state index is -0.500. The zero-order valence-corrected chi connectivity index (χ0v) is 18.5. The molecule has 0 spiro atoms. The second-order valence-corrected chi connectivity index (χ2v) is 8.14. The van der Waals surface area contributed by atoms with Crippen LogP contribution in [0.4, 0.5) is 11.5 Å². The monoisotopic (exact) mass is 429 g/mol. The van der Waals surface area contributed by atoms with Gasteiger partial charge >= 0.3 is 0 Å². The molecule has 0 bridgehead atoms. The molecule has 3 aromatic rings. The van der Waals surface area contributed by atoms with Crippen LogP contribution < -0.4 is 15.0 Å². The summed E-state index contributed by atoms with van der Waals surface area (Å²) in [7, 11) is 1.60. The summed E-state index contributed by atoms with van der Waals surface area (Å²) in [5.74, 6) is 0.516. The number of ether oxygens (including phenoxy) is 1. The smallest absolute Gasteiger partial charge is 0.231 e. The number of pyridine rings is 1. The van der Waals surface area contributed by atoms with Crippen molar-refractivity contribution in [1.82, 2.24) is 4.98 Å². The van der Waals surface area contributed by atoms with Crippen LogP contribution in [0.1, 0.15) is 35.6 Å². The Morgan fingerprint density at radius 1 is 1.06 bits per heavy atom. The Morgan fingerprint density at radius 3 is 2.53 bits per heavy atom. The first-order valence-corrected chi connectivity index (χ1v) is 10.7. The average molecular weight is 430 g/mol. The fraction of sp³-hybridized carbons (Fsp3) is 0.269. The van der Waals surface area contributed by atoms with Gasteiger partial charge in [-0.25, -0.2) is 4.98 Å². The molecule has 1 N–H and O–H groups in total. The van der Waals surface area contributed by atoms with Crippen molar-refractivity contribution < 1.29 is 14.3 Å². The Hall–Kier alpha value is -3.67. The van der Waals surface area contributed by atoms with Gasteiger partial charge in [0.25, 0.3) is 0 Å². The highest BCUT2D eigenvalue weighted by atomic mass is 16.5. The second kappa shape index (κ2) is 9.22. The number of benzene rings is 2. The number of nitrogens with one attached hydrogen (secondary N) is 1. The van der Waals surface area contributed by atoms with E-state index in [0.29, 0.717) is 24.4 Å². The lowest BCUT2D eigenvalue weighted by molar-refractivity contribution is -0.126. The molecule has 2 amide bonds. The van der Waals surface area contributed by atoms with E-state index in [1.807, 2.05) is 74.5 Å². The van der Waals surface area contributed by atoms with E-state index in [9.17, 15) is 9.59 Å². The van der Waals surface area contributed by atoms with Crippen LogP contribution in [0, 0.1) is 19.8 Å². The molecule has 2 aromatic carbocycles. The van der Waals surface area contributed by atoms with E-state index in [1.54, 1.807) is 18.2 Å². The predicted octanol–water partition coefficient (Wildman–Crippen LogP) is 4.83. The van der Waals surface area contributed by atoms with Gasteiger partial charge in [-0.2, -0.15) is 0 Å². The van der Waals surface area contributed by atoms with Gasteiger partial charge in [0, 0.05) is 23.9 Å². The minimum Gasteiger partial charge on any atom is -0.496 e. The highest BCUT2D eigenvalue weighted by molar-refractivity contribution is 6.00. The van der Waals surface area contributed by atoms with E-state index in [2.05, 4.69) is 10.3 Å². The standard InChI is InChI=1S/C26H27N3O3/c1-17-8-10-19(11-9-17)29-24(30)13-12-21(25(29)20-6-4-5-7-22(20)32-3)26(31)28-23-16-18(2)14-15-27-23/h4-11,14-16,21,25H,12-13H2,1-3H3,(H,27,28,31). The van der Waals surface area contributed by atoms with Crippen LogP contribution in [0.15, 0.2) is 66.9 Å². The van der Waals surface area contributed by atoms with Gasteiger partial charge in [0.1, 0.15) is 11.6 Å². The van der Waals surface area contributed by atoms with Crippen molar-refractivity contribution in [1.29, 1.82) is 0 Å². The van der Waals surface area contributed by atoms with Crippen molar-refractivity contribution in [3.63, 3.8) is 0 Å². The average Bonchev–Trinajstić information content (AvgIpc) is 2.79. The predicted molar refractivity (Wildman–Crippen MR) is 125 cm³/mol. The third-order valence-electron chi connectivity index (χ3n) is 5.87. The Morgan fingerprint density at radius 2 is 1.81 bits per heavy atom. The number of carbonyl (C=O) groups excluding carboxylic acids is 2. The SMILES string of the molecule is COc1ccccc1C1C(C(=O)Nc2cc(C)ccn2)CCC(=O)N1c1ccc(C)cc1. The fourth-order valence-electron chi connectivity index (χ4n) is 4.27. The summed E-state index contributed by atoms with van der Waals surface area (Å²) >= 11 is 0. The van der Waals surface area contributed by atoms with Crippen LogP contribution in [-0.4, -0.2) is 23.9 Å². The van der Waals surface area contributed by atoms with Crippen LogP contribution >= 0.6 is 0 Å². The van der Waals surface area contributed by atoms with Crippen LogP contribution in [0.3, 0.4) is 0 Å². The summed E-state index contributed by atoms with van der Waals surface area (Å²) in [5.41, 5.74) is 3.69. The molecule has 1 aromatic heterocycles. The van der Waals surface area contributed by atoms with Crippen molar-refractivity contribution in [2.75, 3.05) is 17.3 Å². The lowest BCUT2D eigenvalue weighted by Crippen LogP contribution is -2.47. The van der Waals surface area contributed by atoms with Gasteiger partial charge in [-0.3, -0.25) is 9.59 Å². The molecule has 32 heavy (non-hydrogen) atoms. The highest BCUT2D eigenvalue weighted by Gasteiger charge is 2.42. The Kier molecular flexibility index (Phi) is 6.21. The molecular formula is C26H27N3O3. The first-order valence-electron chi connectivity index (χ1n) is 10.7. The molecule has 1 fully saturated rings. The number of aryl methyl sites for hydroxylation is 2. The topological polar surface area (TPSA) is 71.5 Å². The number of nitrogens with zero attached hydrogens (tertiary/aromatic N) is 2. The molecular weight excluding hydrogens is 402 g/mol. The molecule has 4 rings (SSSR count). The number of rotatable bonds is 5. The van der Waals surface area contributed by atoms with Gasteiger partial charge in [-0.15, -0.1) is 0 Å². The summed E-state index contributed by atoms with van der Waals surface area (Å²) in [6.07, 6.45) is 2.41. The number of amides is 2. The largest absolute Gasteiger partial charge is 0.496 e. The molecule has 0 radical (unpaired) electrons. The number of hydrogen-bond acceptors (Lipinski definition) is 4. The van der Waals surface area contributed by atoms with Gasteiger partial charge in [0.05, 0.1) is 19.1 Å². The van der Waals surface area contributed by atoms with Gasteiger partial charge in [-0.05, 0) is 56.2 Å². The maximum absolute atomic E-state index is 13.5. The maximum atomic E-state index is 13.5. The van der Waals surface area contributed by atoms with Crippen LogP contribution in [0.2, 0.25) is 0 Å². The normalized spacial score (nSPS) is 18.3. The Balaban J connectivity index is 1.78. The van der Waals surface area contributed by atoms with E-state index in [4.69, 9.17) is 4.74 Å². The van der Waals surface area contributed by atoms with E-state index < -0.39 is 12.0 Å². The molecule has 6 nitrogen and oxygen atoms in total. The van der Waals surface area contributed by atoms with Crippen LogP contribution in [0.5, 0.6) is 5.75 Å². The molecule has 2 atom stereocenters. The third kappa shape index (κ3) is 4.35. The quantitative estimate of drug-likeness (QED) is 0.631. The Bertz CT molecular complexity index is 1130. The van der Waals surface area contributed by atoms with E-state index in [0.717, 1.165) is 22.4 Å². The first kappa shape index (κ1) is 21.6. The molecule has 0 saturated carbocycles. The molecule has 1 aliphatic heterocycles. The molecule has 1 saturated heterocycles. The fourth-order valence-corrected chi connectivity index (χ4v) is 4.27. The van der Waals surface area contributed by atoms with Gasteiger partial charge in [-0.1, -0.05) is 35.9 Å². The van der Waals surface area contributed by atoms with E-state index in [-0.39, 0.29) is 11.8 Å². The summed E-state index contributed by atoms with van der Waals surface area (Å²) in [5, 5.41) is 2.96. The number of hydrogen-bond donors (Lipinski definition) is 1. The van der Waals surface area contributed by atoms with Gasteiger partial charge in [0.15, 0.2) is 0 Å². The van der Waals surface area contributed by atoms with Crippen molar-refractivity contribution in [3.05, 3.63) is 83.6 Å². The Labute approximate surface area is 188 Å². The van der Waals surface area contributed by atoms with Crippen LogP contribution in [-0.2, 0) is 9.59 Å². The lowest BCUT2D eigenvalue weighted by atomic mass is 9.82. The zero-order valence-electron chi connectivity index (χ0n) is 18.5. The number of anilines is 2. The van der Waals surface area contributed by atoms with Crippen molar-refractivity contribution in [2.45, 2.75) is 32.7 Å². The van der Waals surface area contributed by atoms with E-state index in [1.165, 1.54) is 0 Å². The molecule has 2 unspecified atom stereocenters. The van der Waals surface area contributed by atoms with Crippen molar-refractivity contribution >= 4 is 23.3 Å². The third-order valence-corrected chi connectivity index (χ3v) is 5.87.